The zero-order valence-electron chi connectivity index (χ0n) is 32.8. The Labute approximate surface area is 305 Å². The summed E-state index contributed by atoms with van der Waals surface area (Å²) >= 11 is 0. The molecule has 0 aromatic rings. The fourth-order valence-electron chi connectivity index (χ4n) is 5.84. The number of hydrogen-bond donors (Lipinski definition) is 0. The second-order valence-electron chi connectivity index (χ2n) is 14.1. The fourth-order valence-corrected chi connectivity index (χ4v) is 5.84. The fraction of sp³-hybridized carbons (Fsp3) is 0.854. The van der Waals surface area contributed by atoms with Crippen molar-refractivity contribution in [3.05, 3.63) is 12.3 Å². The second kappa shape index (κ2) is 32.3. The lowest BCUT2D eigenvalue weighted by Crippen LogP contribution is -2.28. The van der Waals surface area contributed by atoms with E-state index in [0.29, 0.717) is 56.9 Å². The van der Waals surface area contributed by atoms with E-state index < -0.39 is 0 Å². The van der Waals surface area contributed by atoms with E-state index in [9.17, 15) is 19.2 Å². The number of esters is 3. The molecule has 0 bridgehead atoms. The van der Waals surface area contributed by atoms with Crippen LogP contribution in [0.15, 0.2) is 12.3 Å². The van der Waals surface area contributed by atoms with E-state index in [4.69, 9.17) is 23.7 Å². The number of carbonyl (C=O) groups excluding carboxylic acids is 4. The molecular formula is C41H74O9. The van der Waals surface area contributed by atoms with Gasteiger partial charge in [0, 0.05) is 31.1 Å². The van der Waals surface area contributed by atoms with Crippen molar-refractivity contribution >= 4 is 24.4 Å². The van der Waals surface area contributed by atoms with E-state index in [1.165, 1.54) is 38.5 Å². The molecule has 0 fully saturated rings. The summed E-state index contributed by atoms with van der Waals surface area (Å²) in [7, 11) is 0. The highest BCUT2D eigenvalue weighted by atomic mass is 16.6. The topological polar surface area (TPSA) is 114 Å². The zero-order valence-corrected chi connectivity index (χ0v) is 32.8. The predicted octanol–water partition coefficient (Wildman–Crippen LogP) is 10.1. The van der Waals surface area contributed by atoms with Crippen molar-refractivity contribution in [2.45, 2.75) is 176 Å². The summed E-state index contributed by atoms with van der Waals surface area (Å²) in [5.74, 6) is -0.0508. The average Bonchev–Trinajstić information content (AvgIpc) is 3.11. The molecule has 292 valence electrons. The molecule has 50 heavy (non-hydrogen) atoms. The van der Waals surface area contributed by atoms with E-state index in [0.717, 1.165) is 51.4 Å². The van der Waals surface area contributed by atoms with Gasteiger partial charge in [-0.3, -0.25) is 19.2 Å². The van der Waals surface area contributed by atoms with Crippen LogP contribution in [-0.4, -0.2) is 56.9 Å². The van der Waals surface area contributed by atoms with Crippen molar-refractivity contribution in [3.63, 3.8) is 0 Å². The summed E-state index contributed by atoms with van der Waals surface area (Å²) in [6.45, 7) is 18.0. The first-order valence-electron chi connectivity index (χ1n) is 20.0. The van der Waals surface area contributed by atoms with Gasteiger partial charge < -0.3 is 23.7 Å². The van der Waals surface area contributed by atoms with Crippen molar-refractivity contribution in [2.24, 2.45) is 23.7 Å². The summed E-state index contributed by atoms with van der Waals surface area (Å²) in [5, 5.41) is 0. The molecule has 0 heterocycles. The van der Waals surface area contributed by atoms with Crippen molar-refractivity contribution < 1.29 is 42.9 Å². The lowest BCUT2D eigenvalue weighted by atomic mass is 9.87. The number of rotatable bonds is 35. The largest absolute Gasteiger partial charge is 0.498 e. The van der Waals surface area contributed by atoms with Gasteiger partial charge in [-0.25, -0.2) is 0 Å². The van der Waals surface area contributed by atoms with E-state index in [2.05, 4.69) is 34.3 Å². The van der Waals surface area contributed by atoms with Crippen LogP contribution in [0.3, 0.4) is 0 Å². The van der Waals surface area contributed by atoms with Gasteiger partial charge >= 0.3 is 17.9 Å². The standard InChI is InChI=1S/C41H74O9/c1-8-13-15-17-19-21-23-39(43)48-29-35(11-4)26-41(45)50-38(12-5)27-37(33(6)10-3)31-47-34(7)25-36(28-46-32-42)30-49-40(44)24-22-20-18-16-14-9-2/h32-33,35-38H,7-31H2,1-6H3. The first-order chi connectivity index (χ1) is 24.1. The van der Waals surface area contributed by atoms with Crippen molar-refractivity contribution in [1.82, 2.24) is 0 Å². The van der Waals surface area contributed by atoms with Gasteiger partial charge in [0.1, 0.15) is 6.10 Å². The van der Waals surface area contributed by atoms with Crippen LogP contribution in [0.25, 0.3) is 0 Å². The van der Waals surface area contributed by atoms with Crippen LogP contribution in [0.5, 0.6) is 0 Å². The summed E-state index contributed by atoms with van der Waals surface area (Å²) < 4.78 is 28.1. The maximum Gasteiger partial charge on any atom is 0.306 e. The van der Waals surface area contributed by atoms with Crippen LogP contribution in [0.4, 0.5) is 0 Å². The minimum Gasteiger partial charge on any atom is -0.498 e. The van der Waals surface area contributed by atoms with Crippen LogP contribution < -0.4 is 0 Å². The van der Waals surface area contributed by atoms with Gasteiger partial charge in [-0.15, -0.1) is 0 Å². The molecule has 0 saturated carbocycles. The quantitative estimate of drug-likeness (QED) is 0.0208. The van der Waals surface area contributed by atoms with Gasteiger partial charge in [-0.1, -0.05) is 119 Å². The van der Waals surface area contributed by atoms with Gasteiger partial charge in [-0.2, -0.15) is 0 Å². The summed E-state index contributed by atoms with van der Waals surface area (Å²) in [4.78, 5) is 48.3. The third-order valence-corrected chi connectivity index (χ3v) is 9.65. The number of unbranched alkanes of at least 4 members (excludes halogenated alkanes) is 10. The SMILES string of the molecule is C=C(CC(COC=O)COC(=O)CCCCCCCC)OCC(CC(CC)OC(=O)CC(CC)COC(=O)CCCCCCCC)C(C)CC. The number of carbonyl (C=O) groups is 4. The first-order valence-corrected chi connectivity index (χ1v) is 20.0. The Kier molecular flexibility index (Phi) is 30.7. The third kappa shape index (κ3) is 26.3. The molecule has 0 aromatic carbocycles. The lowest BCUT2D eigenvalue weighted by molar-refractivity contribution is -0.154. The maximum absolute atomic E-state index is 13.0. The molecule has 0 saturated heterocycles. The molecule has 0 aliphatic carbocycles. The summed E-state index contributed by atoms with van der Waals surface area (Å²) in [6.07, 6.45) is 17.4. The average molecular weight is 711 g/mol. The zero-order chi connectivity index (χ0) is 37.4. The van der Waals surface area contributed by atoms with E-state index in [1.54, 1.807) is 0 Å². The van der Waals surface area contributed by atoms with E-state index >= 15 is 0 Å². The van der Waals surface area contributed by atoms with Crippen LogP contribution in [0.1, 0.15) is 170 Å². The highest BCUT2D eigenvalue weighted by molar-refractivity contribution is 5.71. The van der Waals surface area contributed by atoms with Gasteiger partial charge in [0.15, 0.2) is 0 Å². The number of allylic oxidation sites excluding steroid dienone is 1. The monoisotopic (exact) mass is 711 g/mol. The highest BCUT2D eigenvalue weighted by Crippen LogP contribution is 2.26. The number of hydrogen-bond acceptors (Lipinski definition) is 9. The van der Waals surface area contributed by atoms with Crippen molar-refractivity contribution in [1.29, 1.82) is 0 Å². The molecule has 0 aromatic heterocycles. The van der Waals surface area contributed by atoms with Gasteiger partial charge in [0.2, 0.25) is 0 Å². The van der Waals surface area contributed by atoms with E-state index in [1.807, 2.05) is 13.8 Å². The van der Waals surface area contributed by atoms with Crippen molar-refractivity contribution in [3.8, 4) is 0 Å². The Bertz CT molecular complexity index is 889. The third-order valence-electron chi connectivity index (χ3n) is 9.65. The number of ether oxygens (including phenoxy) is 5. The van der Waals surface area contributed by atoms with Crippen LogP contribution >= 0.6 is 0 Å². The molecule has 5 unspecified atom stereocenters. The highest BCUT2D eigenvalue weighted by Gasteiger charge is 2.25. The van der Waals surface area contributed by atoms with E-state index in [-0.39, 0.29) is 68.0 Å². The normalized spacial score (nSPS) is 14.1. The second-order valence-corrected chi connectivity index (χ2v) is 14.1. The molecular weight excluding hydrogens is 636 g/mol. The minimum atomic E-state index is -0.270. The molecule has 9 nitrogen and oxygen atoms in total. The molecule has 5 atom stereocenters. The molecule has 0 radical (unpaired) electrons. The first kappa shape index (κ1) is 47.4. The minimum absolute atomic E-state index is 0.0727. The van der Waals surface area contributed by atoms with Gasteiger partial charge in [-0.05, 0) is 43.9 Å². The van der Waals surface area contributed by atoms with Gasteiger partial charge in [0.25, 0.3) is 6.47 Å². The van der Waals surface area contributed by atoms with Crippen LogP contribution in [-0.2, 0) is 42.9 Å². The maximum atomic E-state index is 13.0. The van der Waals surface area contributed by atoms with Crippen molar-refractivity contribution in [2.75, 3.05) is 26.4 Å². The molecule has 0 aliphatic rings. The lowest BCUT2D eigenvalue weighted by Gasteiger charge is -2.28. The Balaban J connectivity index is 4.83. The Morgan fingerprint density at radius 2 is 1.14 bits per heavy atom. The molecule has 0 spiro atoms. The Morgan fingerprint density at radius 1 is 0.600 bits per heavy atom. The summed E-state index contributed by atoms with van der Waals surface area (Å²) in [6, 6.07) is 0. The molecule has 0 amide bonds. The van der Waals surface area contributed by atoms with Crippen LogP contribution in [0.2, 0.25) is 0 Å². The summed E-state index contributed by atoms with van der Waals surface area (Å²) in [5.41, 5.74) is 0. The molecule has 9 heteroatoms. The Hall–Kier alpha value is -2.58. The molecule has 0 N–H and O–H groups in total. The molecule has 0 aliphatic heterocycles. The smallest absolute Gasteiger partial charge is 0.306 e. The Morgan fingerprint density at radius 3 is 1.64 bits per heavy atom. The van der Waals surface area contributed by atoms with Crippen LogP contribution in [0, 0.1) is 23.7 Å². The molecule has 0 rings (SSSR count). The predicted molar refractivity (Wildman–Crippen MR) is 199 cm³/mol. The van der Waals surface area contributed by atoms with Gasteiger partial charge in [0.05, 0.1) is 38.6 Å².